The van der Waals surface area contributed by atoms with E-state index in [9.17, 15) is 10.1 Å². The molecule has 0 unspecified atom stereocenters. The SMILES string of the molecule is CNc1ccc([N+](=O)[O-])c(NC(CO)CO)n1. The molecular formula is C9H14N4O4. The van der Waals surface area contributed by atoms with Crippen molar-refractivity contribution in [2.75, 3.05) is 30.9 Å². The van der Waals surface area contributed by atoms with E-state index in [0.29, 0.717) is 5.82 Å². The summed E-state index contributed by atoms with van der Waals surface area (Å²) in [7, 11) is 1.63. The fraction of sp³-hybridized carbons (Fsp3) is 0.444. The summed E-state index contributed by atoms with van der Waals surface area (Å²) in [6.07, 6.45) is 0. The summed E-state index contributed by atoms with van der Waals surface area (Å²) in [6, 6.07) is 2.08. The Balaban J connectivity index is 3.04. The van der Waals surface area contributed by atoms with Crippen LogP contribution < -0.4 is 10.6 Å². The first-order chi connectivity index (χ1) is 8.12. The summed E-state index contributed by atoms with van der Waals surface area (Å²) < 4.78 is 0. The van der Waals surface area contributed by atoms with E-state index in [1.165, 1.54) is 12.1 Å². The van der Waals surface area contributed by atoms with E-state index in [1.807, 2.05) is 0 Å². The van der Waals surface area contributed by atoms with Crippen LogP contribution in [0.25, 0.3) is 0 Å². The van der Waals surface area contributed by atoms with Crippen molar-refractivity contribution in [2.45, 2.75) is 6.04 Å². The summed E-state index contributed by atoms with van der Waals surface area (Å²) in [6.45, 7) is -0.696. The highest BCUT2D eigenvalue weighted by Crippen LogP contribution is 2.24. The molecule has 1 heterocycles. The highest BCUT2D eigenvalue weighted by Gasteiger charge is 2.18. The van der Waals surface area contributed by atoms with E-state index >= 15 is 0 Å². The second-order valence-corrected chi connectivity index (χ2v) is 3.28. The standard InChI is InChI=1S/C9H14N4O4/c1-10-8-3-2-7(13(16)17)9(12-8)11-6(4-14)5-15/h2-3,6,14-15H,4-5H2,1H3,(H2,10,11,12). The van der Waals surface area contributed by atoms with E-state index < -0.39 is 11.0 Å². The summed E-state index contributed by atoms with van der Waals surface area (Å²) in [5.41, 5.74) is -0.212. The van der Waals surface area contributed by atoms with Gasteiger partial charge in [0, 0.05) is 13.1 Å². The highest BCUT2D eigenvalue weighted by molar-refractivity contribution is 5.60. The van der Waals surface area contributed by atoms with Crippen molar-refractivity contribution in [3.8, 4) is 0 Å². The van der Waals surface area contributed by atoms with Crippen LogP contribution in [-0.4, -0.2) is 46.4 Å². The average molecular weight is 242 g/mol. The second-order valence-electron chi connectivity index (χ2n) is 3.28. The van der Waals surface area contributed by atoms with Gasteiger partial charge in [0.25, 0.3) is 0 Å². The quantitative estimate of drug-likeness (QED) is 0.402. The maximum absolute atomic E-state index is 10.8. The fourth-order valence-corrected chi connectivity index (χ4v) is 1.19. The third-order valence-corrected chi connectivity index (χ3v) is 2.11. The zero-order chi connectivity index (χ0) is 12.8. The van der Waals surface area contributed by atoms with E-state index in [0.717, 1.165) is 0 Å². The lowest BCUT2D eigenvalue weighted by Crippen LogP contribution is -2.28. The van der Waals surface area contributed by atoms with Crippen LogP contribution in [0.5, 0.6) is 0 Å². The molecule has 1 aromatic rings. The van der Waals surface area contributed by atoms with Crippen molar-refractivity contribution in [3.63, 3.8) is 0 Å². The van der Waals surface area contributed by atoms with Crippen LogP contribution in [-0.2, 0) is 0 Å². The van der Waals surface area contributed by atoms with Gasteiger partial charge < -0.3 is 20.8 Å². The first-order valence-corrected chi connectivity index (χ1v) is 4.93. The maximum Gasteiger partial charge on any atom is 0.311 e. The lowest BCUT2D eigenvalue weighted by atomic mass is 10.3. The number of aliphatic hydroxyl groups excluding tert-OH is 2. The van der Waals surface area contributed by atoms with E-state index in [1.54, 1.807) is 7.05 Å². The van der Waals surface area contributed by atoms with Gasteiger partial charge in [0.15, 0.2) is 0 Å². The topological polar surface area (TPSA) is 121 Å². The molecule has 0 bridgehead atoms. The molecule has 0 radical (unpaired) electrons. The van der Waals surface area contributed by atoms with Gasteiger partial charge in [0.05, 0.1) is 24.2 Å². The predicted molar refractivity (Wildman–Crippen MR) is 62.0 cm³/mol. The van der Waals surface area contributed by atoms with Crippen molar-refractivity contribution >= 4 is 17.3 Å². The van der Waals surface area contributed by atoms with Gasteiger partial charge in [-0.15, -0.1) is 0 Å². The molecule has 0 aliphatic carbocycles. The van der Waals surface area contributed by atoms with Gasteiger partial charge in [-0.1, -0.05) is 0 Å². The maximum atomic E-state index is 10.8. The molecule has 94 valence electrons. The molecule has 0 spiro atoms. The van der Waals surface area contributed by atoms with E-state index in [4.69, 9.17) is 10.2 Å². The number of rotatable bonds is 6. The Kier molecular flexibility index (Phi) is 4.61. The minimum atomic E-state index is -0.687. The Morgan fingerprint density at radius 1 is 1.47 bits per heavy atom. The molecule has 8 nitrogen and oxygen atoms in total. The molecule has 0 aliphatic heterocycles. The Bertz CT molecular complexity index is 395. The molecule has 1 aromatic heterocycles. The van der Waals surface area contributed by atoms with Crippen LogP contribution in [0.3, 0.4) is 0 Å². The first kappa shape index (κ1) is 13.1. The monoisotopic (exact) mass is 242 g/mol. The molecule has 4 N–H and O–H groups in total. The average Bonchev–Trinajstić information content (AvgIpc) is 2.35. The van der Waals surface area contributed by atoms with Gasteiger partial charge in [0.2, 0.25) is 5.82 Å². The Labute approximate surface area is 97.5 Å². The van der Waals surface area contributed by atoms with Gasteiger partial charge in [0.1, 0.15) is 5.82 Å². The summed E-state index contributed by atoms with van der Waals surface area (Å²) in [5, 5.41) is 33.9. The van der Waals surface area contributed by atoms with Crippen LogP contribution in [0.1, 0.15) is 0 Å². The molecule has 0 amide bonds. The first-order valence-electron chi connectivity index (χ1n) is 4.93. The fourth-order valence-electron chi connectivity index (χ4n) is 1.19. The van der Waals surface area contributed by atoms with Gasteiger partial charge in [-0.25, -0.2) is 4.98 Å². The molecule has 0 saturated heterocycles. The van der Waals surface area contributed by atoms with Crippen LogP contribution in [0.15, 0.2) is 12.1 Å². The van der Waals surface area contributed by atoms with Gasteiger partial charge in [-0.05, 0) is 6.07 Å². The third kappa shape index (κ3) is 3.26. The summed E-state index contributed by atoms with van der Waals surface area (Å²) >= 11 is 0. The Morgan fingerprint density at radius 2 is 2.12 bits per heavy atom. The molecular weight excluding hydrogens is 228 g/mol. The minimum absolute atomic E-state index is 0.00921. The van der Waals surface area contributed by atoms with Gasteiger partial charge >= 0.3 is 5.69 Å². The number of anilines is 2. The summed E-state index contributed by atoms with van der Waals surface area (Å²) in [4.78, 5) is 14.1. The molecule has 0 saturated carbocycles. The number of hydrogen-bond donors (Lipinski definition) is 4. The number of nitrogens with one attached hydrogen (secondary N) is 2. The molecule has 1 rings (SSSR count). The van der Waals surface area contributed by atoms with Crippen LogP contribution >= 0.6 is 0 Å². The Morgan fingerprint density at radius 3 is 2.59 bits per heavy atom. The van der Waals surface area contributed by atoms with Crippen molar-refractivity contribution in [2.24, 2.45) is 0 Å². The van der Waals surface area contributed by atoms with E-state index in [-0.39, 0.29) is 24.7 Å². The lowest BCUT2D eigenvalue weighted by molar-refractivity contribution is -0.384. The molecule has 0 aliphatic rings. The molecule has 0 fully saturated rings. The molecule has 0 atom stereocenters. The number of aliphatic hydroxyl groups is 2. The van der Waals surface area contributed by atoms with Crippen molar-refractivity contribution in [1.29, 1.82) is 0 Å². The predicted octanol–water partition coefficient (Wildman–Crippen LogP) is -0.203. The second kappa shape index (κ2) is 5.97. The third-order valence-electron chi connectivity index (χ3n) is 2.11. The molecule has 8 heteroatoms. The normalized spacial score (nSPS) is 10.4. The number of nitrogens with zero attached hydrogens (tertiary/aromatic N) is 2. The minimum Gasteiger partial charge on any atom is -0.394 e. The number of hydrogen-bond acceptors (Lipinski definition) is 7. The Hall–Kier alpha value is -1.93. The van der Waals surface area contributed by atoms with Crippen LogP contribution in [0.4, 0.5) is 17.3 Å². The van der Waals surface area contributed by atoms with Gasteiger partial charge in [-0.3, -0.25) is 10.1 Å². The largest absolute Gasteiger partial charge is 0.394 e. The zero-order valence-electron chi connectivity index (χ0n) is 9.25. The number of nitro groups is 1. The lowest BCUT2D eigenvalue weighted by Gasteiger charge is -2.14. The number of pyridine rings is 1. The van der Waals surface area contributed by atoms with Crippen molar-refractivity contribution < 1.29 is 15.1 Å². The van der Waals surface area contributed by atoms with Crippen LogP contribution in [0, 0.1) is 10.1 Å². The van der Waals surface area contributed by atoms with E-state index in [2.05, 4.69) is 15.6 Å². The van der Waals surface area contributed by atoms with Gasteiger partial charge in [-0.2, -0.15) is 0 Å². The van der Waals surface area contributed by atoms with Crippen molar-refractivity contribution in [3.05, 3.63) is 22.2 Å². The smallest absolute Gasteiger partial charge is 0.311 e. The zero-order valence-corrected chi connectivity index (χ0v) is 9.25. The molecule has 0 aromatic carbocycles. The van der Waals surface area contributed by atoms with Crippen LogP contribution in [0.2, 0.25) is 0 Å². The molecule has 17 heavy (non-hydrogen) atoms. The summed E-state index contributed by atoms with van der Waals surface area (Å²) in [5.74, 6) is 0.461. The van der Waals surface area contributed by atoms with Crippen molar-refractivity contribution in [1.82, 2.24) is 4.98 Å². The highest BCUT2D eigenvalue weighted by atomic mass is 16.6. The number of aromatic nitrogens is 1.